The molecule has 1 heteroatoms. The van der Waals surface area contributed by atoms with Crippen LogP contribution in [0, 0.1) is 12.8 Å². The van der Waals surface area contributed by atoms with Gasteiger partial charge in [0, 0.05) is 12.3 Å². The van der Waals surface area contributed by atoms with Crippen LogP contribution in [-0.2, 0) is 11.2 Å². The monoisotopic (exact) mass is 188 g/mol. The Morgan fingerprint density at radius 1 is 1.43 bits per heavy atom. The number of carbonyl (C=O) groups is 1. The molecule has 1 fully saturated rings. The minimum atomic E-state index is 0.416. The number of hydrogen-bond donors (Lipinski definition) is 0. The summed E-state index contributed by atoms with van der Waals surface area (Å²) < 4.78 is 0. The fraction of sp³-hybridized carbons (Fsp3) is 0.462. The second-order valence-electron chi connectivity index (χ2n) is 4.23. The molecule has 0 heterocycles. The molecule has 0 N–H and O–H groups in total. The second-order valence-corrected chi connectivity index (χ2v) is 4.23. The Bertz CT molecular complexity index is 337. The number of benzene rings is 1. The van der Waals surface area contributed by atoms with Crippen LogP contribution >= 0.6 is 0 Å². The molecule has 0 spiro atoms. The Morgan fingerprint density at radius 2 is 2.21 bits per heavy atom. The Kier molecular flexibility index (Phi) is 2.67. The molecule has 0 amide bonds. The van der Waals surface area contributed by atoms with Gasteiger partial charge in [-0.1, -0.05) is 29.8 Å². The van der Waals surface area contributed by atoms with Gasteiger partial charge in [0.2, 0.25) is 0 Å². The van der Waals surface area contributed by atoms with Crippen LogP contribution in [0.3, 0.4) is 0 Å². The summed E-state index contributed by atoms with van der Waals surface area (Å²) >= 11 is 0. The van der Waals surface area contributed by atoms with E-state index in [2.05, 4.69) is 31.2 Å². The Labute approximate surface area is 85.1 Å². The third-order valence-corrected chi connectivity index (χ3v) is 2.78. The van der Waals surface area contributed by atoms with E-state index in [9.17, 15) is 4.79 Å². The highest BCUT2D eigenvalue weighted by molar-refractivity contribution is 5.83. The van der Waals surface area contributed by atoms with Gasteiger partial charge in [0.25, 0.3) is 0 Å². The van der Waals surface area contributed by atoms with Crippen molar-refractivity contribution in [3.05, 3.63) is 35.4 Å². The Balaban J connectivity index is 1.87. The number of Topliss-reactive ketones (excluding diaryl/α,β-unsaturated/α-hetero) is 1. The molecule has 0 saturated heterocycles. The molecule has 1 aliphatic carbocycles. The van der Waals surface area contributed by atoms with Gasteiger partial charge in [-0.15, -0.1) is 0 Å². The van der Waals surface area contributed by atoms with E-state index in [-0.39, 0.29) is 0 Å². The van der Waals surface area contributed by atoms with Gasteiger partial charge in [-0.3, -0.25) is 4.79 Å². The maximum Gasteiger partial charge on any atom is 0.136 e. The highest BCUT2D eigenvalue weighted by atomic mass is 16.1. The summed E-state index contributed by atoms with van der Waals surface area (Å²) in [5, 5.41) is 0. The molecule has 0 radical (unpaired) electrons. The van der Waals surface area contributed by atoms with Crippen LogP contribution in [0.2, 0.25) is 0 Å². The number of carbonyl (C=O) groups excluding carboxylic acids is 1. The minimum Gasteiger partial charge on any atom is -0.299 e. The highest BCUT2D eigenvalue weighted by Gasteiger charge is 2.28. The lowest BCUT2D eigenvalue weighted by Crippen LogP contribution is -2.01. The lowest BCUT2D eigenvalue weighted by molar-refractivity contribution is -0.120. The zero-order chi connectivity index (χ0) is 9.97. The maximum atomic E-state index is 11.5. The Hall–Kier alpha value is -1.11. The predicted molar refractivity (Wildman–Crippen MR) is 57.2 cm³/mol. The number of hydrogen-bond acceptors (Lipinski definition) is 1. The molecule has 74 valence electrons. The van der Waals surface area contributed by atoms with Crippen molar-refractivity contribution in [3.8, 4) is 0 Å². The summed E-state index contributed by atoms with van der Waals surface area (Å²) in [5.41, 5.74) is 2.57. The van der Waals surface area contributed by atoms with E-state index in [0.29, 0.717) is 11.7 Å². The first kappa shape index (κ1) is 9.45. The van der Waals surface area contributed by atoms with Crippen molar-refractivity contribution in [2.45, 2.75) is 32.6 Å². The van der Waals surface area contributed by atoms with E-state index in [1.54, 1.807) is 0 Å². The third kappa shape index (κ3) is 2.44. The van der Waals surface area contributed by atoms with Crippen molar-refractivity contribution in [1.82, 2.24) is 0 Å². The van der Waals surface area contributed by atoms with E-state index in [0.717, 1.165) is 25.7 Å². The molecule has 1 saturated carbocycles. The number of ketones is 1. The van der Waals surface area contributed by atoms with Gasteiger partial charge < -0.3 is 0 Å². The van der Waals surface area contributed by atoms with Gasteiger partial charge in [0.1, 0.15) is 5.78 Å². The lowest BCUT2D eigenvalue weighted by atomic mass is 10.0. The van der Waals surface area contributed by atoms with Gasteiger partial charge in [-0.25, -0.2) is 0 Å². The molecule has 1 aromatic rings. The van der Waals surface area contributed by atoms with Crippen molar-refractivity contribution in [2.24, 2.45) is 5.92 Å². The molecule has 0 atom stereocenters. The van der Waals surface area contributed by atoms with Crippen LogP contribution in [-0.4, -0.2) is 5.78 Å². The fourth-order valence-corrected chi connectivity index (χ4v) is 1.74. The SMILES string of the molecule is Cc1cccc(CCC(=O)C2CC2)c1. The smallest absolute Gasteiger partial charge is 0.136 e. The second kappa shape index (κ2) is 3.95. The molecule has 14 heavy (non-hydrogen) atoms. The lowest BCUT2D eigenvalue weighted by Gasteiger charge is -2.01. The Morgan fingerprint density at radius 3 is 2.86 bits per heavy atom. The average molecular weight is 188 g/mol. The maximum absolute atomic E-state index is 11.5. The molecule has 1 nitrogen and oxygen atoms in total. The number of rotatable bonds is 4. The summed E-state index contributed by atoms with van der Waals surface area (Å²) in [4.78, 5) is 11.5. The predicted octanol–water partition coefficient (Wildman–Crippen LogP) is 2.91. The van der Waals surface area contributed by atoms with Gasteiger partial charge >= 0.3 is 0 Å². The van der Waals surface area contributed by atoms with Crippen LogP contribution < -0.4 is 0 Å². The van der Waals surface area contributed by atoms with Gasteiger partial charge in [0.05, 0.1) is 0 Å². The van der Waals surface area contributed by atoms with Crippen LogP contribution in [0.5, 0.6) is 0 Å². The van der Waals surface area contributed by atoms with Crippen molar-refractivity contribution in [3.63, 3.8) is 0 Å². The summed E-state index contributed by atoms with van der Waals surface area (Å²) in [6.45, 7) is 2.09. The summed E-state index contributed by atoms with van der Waals surface area (Å²) in [5.74, 6) is 0.881. The van der Waals surface area contributed by atoms with Crippen molar-refractivity contribution in [1.29, 1.82) is 0 Å². The first-order chi connectivity index (χ1) is 6.75. The van der Waals surface area contributed by atoms with Crippen LogP contribution in [0.1, 0.15) is 30.4 Å². The summed E-state index contributed by atoms with van der Waals surface area (Å²) in [7, 11) is 0. The van der Waals surface area contributed by atoms with Gasteiger partial charge in [-0.05, 0) is 31.7 Å². The molecule has 0 bridgehead atoms. The molecule has 1 aromatic carbocycles. The topological polar surface area (TPSA) is 17.1 Å². The van der Waals surface area contributed by atoms with E-state index >= 15 is 0 Å². The van der Waals surface area contributed by atoms with E-state index < -0.39 is 0 Å². The van der Waals surface area contributed by atoms with Crippen molar-refractivity contribution in [2.75, 3.05) is 0 Å². The zero-order valence-electron chi connectivity index (χ0n) is 8.62. The third-order valence-electron chi connectivity index (χ3n) is 2.78. The number of aryl methyl sites for hydroxylation is 2. The molecule has 0 aliphatic heterocycles. The van der Waals surface area contributed by atoms with E-state index in [1.165, 1.54) is 11.1 Å². The first-order valence-electron chi connectivity index (χ1n) is 5.34. The van der Waals surface area contributed by atoms with Crippen LogP contribution in [0.15, 0.2) is 24.3 Å². The highest BCUT2D eigenvalue weighted by Crippen LogP contribution is 2.31. The minimum absolute atomic E-state index is 0.416. The molecular formula is C13H16O. The van der Waals surface area contributed by atoms with Crippen molar-refractivity contribution >= 4 is 5.78 Å². The first-order valence-corrected chi connectivity index (χ1v) is 5.34. The van der Waals surface area contributed by atoms with E-state index in [4.69, 9.17) is 0 Å². The van der Waals surface area contributed by atoms with E-state index in [1.807, 2.05) is 0 Å². The largest absolute Gasteiger partial charge is 0.299 e. The standard InChI is InChI=1S/C13H16O/c1-10-3-2-4-11(9-10)5-8-13(14)12-6-7-12/h2-4,9,12H,5-8H2,1H3. The molecule has 0 aromatic heterocycles. The quantitative estimate of drug-likeness (QED) is 0.710. The fourth-order valence-electron chi connectivity index (χ4n) is 1.74. The average Bonchev–Trinajstić information content (AvgIpc) is 2.97. The zero-order valence-corrected chi connectivity index (χ0v) is 8.62. The molecular weight excluding hydrogens is 172 g/mol. The molecule has 1 aliphatic rings. The normalized spacial score (nSPS) is 15.5. The van der Waals surface area contributed by atoms with Gasteiger partial charge in [-0.2, -0.15) is 0 Å². The molecule has 0 unspecified atom stereocenters. The summed E-state index contributed by atoms with van der Waals surface area (Å²) in [6, 6.07) is 8.42. The van der Waals surface area contributed by atoms with Crippen molar-refractivity contribution < 1.29 is 4.79 Å². The summed E-state index contributed by atoms with van der Waals surface area (Å²) in [6.07, 6.45) is 3.91. The van der Waals surface area contributed by atoms with Gasteiger partial charge in [0.15, 0.2) is 0 Å². The molecule has 2 rings (SSSR count). The van der Waals surface area contributed by atoms with Crippen LogP contribution in [0.4, 0.5) is 0 Å². The van der Waals surface area contributed by atoms with Crippen LogP contribution in [0.25, 0.3) is 0 Å².